The number of hydrogen-bond donors (Lipinski definition) is 1. The fourth-order valence-electron chi connectivity index (χ4n) is 4.93. The predicted molar refractivity (Wildman–Crippen MR) is 148 cm³/mol. The molecule has 2 aromatic heterocycles. The van der Waals surface area contributed by atoms with Gasteiger partial charge in [-0.05, 0) is 42.0 Å². The minimum atomic E-state index is -3.26. The lowest BCUT2D eigenvalue weighted by Crippen LogP contribution is -2.47. The van der Waals surface area contributed by atoms with Gasteiger partial charge in [-0.3, -0.25) is 14.4 Å². The largest absolute Gasteiger partial charge is 0.455 e. The van der Waals surface area contributed by atoms with Crippen molar-refractivity contribution in [3.63, 3.8) is 0 Å². The lowest BCUT2D eigenvalue weighted by molar-refractivity contribution is 0.0178. The van der Waals surface area contributed by atoms with Crippen LogP contribution in [0.5, 0.6) is 11.5 Å². The number of aromatic nitrogens is 2. The van der Waals surface area contributed by atoms with Gasteiger partial charge in [-0.2, -0.15) is 5.10 Å². The van der Waals surface area contributed by atoms with Crippen molar-refractivity contribution in [3.05, 3.63) is 83.8 Å². The van der Waals surface area contributed by atoms with E-state index in [1.807, 2.05) is 48.6 Å². The van der Waals surface area contributed by atoms with Gasteiger partial charge in [0.05, 0.1) is 23.3 Å². The third-order valence-electron chi connectivity index (χ3n) is 6.95. The van der Waals surface area contributed by atoms with Crippen LogP contribution in [-0.4, -0.2) is 41.4 Å². The van der Waals surface area contributed by atoms with E-state index in [1.165, 1.54) is 23.5 Å². The number of ether oxygens (including phenoxy) is 1. The average Bonchev–Trinajstić information content (AvgIpc) is 3.51. The second-order valence-electron chi connectivity index (χ2n) is 9.92. The first-order valence-corrected chi connectivity index (χ1v) is 13.4. The highest BCUT2D eigenvalue weighted by Gasteiger charge is 2.31. The summed E-state index contributed by atoms with van der Waals surface area (Å²) in [5.41, 5.74) is 1.61. The molecule has 3 aromatic carbocycles. The van der Waals surface area contributed by atoms with Gasteiger partial charge in [0, 0.05) is 59.1 Å². The number of nitrogens with one attached hydrogen (secondary N) is 1. The molecule has 200 valence electrons. The normalized spacial score (nSPS) is 15.0. The Morgan fingerprint density at radius 3 is 2.64 bits per heavy atom. The van der Waals surface area contributed by atoms with Gasteiger partial charge < -0.3 is 4.74 Å². The van der Waals surface area contributed by atoms with Gasteiger partial charge in [-0.15, -0.1) is 11.3 Å². The van der Waals surface area contributed by atoms with Crippen molar-refractivity contribution in [3.8, 4) is 21.9 Å². The van der Waals surface area contributed by atoms with Crippen LogP contribution in [-0.2, 0) is 5.92 Å². The standard InChI is InChI=1S/C30H25F4N3OS/c1-30(33,34)25-13-20(32)6-9-22(25)29-27(23-10-11-26-24(15-35-36-26)28(23)39-29)38-21-7-4-18(5-8-21)3-2-12-37-16-19(14-31)17-37/h2-11,13,15,19H,12,14,16-17H2,1H3,(H,35,36)/b3-2+. The first-order valence-electron chi connectivity index (χ1n) is 12.6. The van der Waals surface area contributed by atoms with Crippen molar-refractivity contribution in [2.45, 2.75) is 12.8 Å². The third kappa shape index (κ3) is 5.04. The van der Waals surface area contributed by atoms with E-state index in [4.69, 9.17) is 4.74 Å². The summed E-state index contributed by atoms with van der Waals surface area (Å²) in [5.74, 6) is -2.85. The second-order valence-corrected chi connectivity index (χ2v) is 10.9. The Hall–Kier alpha value is -3.69. The summed E-state index contributed by atoms with van der Waals surface area (Å²) in [6, 6.07) is 14.7. The Kier molecular flexibility index (Phi) is 6.64. The van der Waals surface area contributed by atoms with Crippen LogP contribution < -0.4 is 4.74 Å². The summed E-state index contributed by atoms with van der Waals surface area (Å²) in [6.07, 6.45) is 5.74. The molecule has 0 saturated carbocycles. The zero-order chi connectivity index (χ0) is 27.1. The number of thiophene rings is 1. The Labute approximate surface area is 226 Å². The molecule has 1 fully saturated rings. The van der Waals surface area contributed by atoms with Gasteiger partial charge in [0.1, 0.15) is 11.6 Å². The number of hydrogen-bond acceptors (Lipinski definition) is 4. The number of benzene rings is 3. The quantitative estimate of drug-likeness (QED) is 0.197. The Morgan fingerprint density at radius 1 is 1.10 bits per heavy atom. The van der Waals surface area contributed by atoms with Crippen molar-refractivity contribution >= 4 is 38.4 Å². The van der Waals surface area contributed by atoms with Crippen molar-refractivity contribution < 1.29 is 22.3 Å². The highest BCUT2D eigenvalue weighted by atomic mass is 32.1. The molecular weight excluding hydrogens is 526 g/mol. The van der Waals surface area contributed by atoms with Crippen LogP contribution in [0.3, 0.4) is 0 Å². The number of aromatic amines is 1. The molecule has 1 aliphatic rings. The molecule has 0 spiro atoms. The highest BCUT2D eigenvalue weighted by Crippen LogP contribution is 2.50. The fraction of sp³-hybridized carbons (Fsp3) is 0.233. The second kappa shape index (κ2) is 10.1. The molecule has 39 heavy (non-hydrogen) atoms. The first kappa shape index (κ1) is 25.6. The summed E-state index contributed by atoms with van der Waals surface area (Å²) in [7, 11) is 0. The topological polar surface area (TPSA) is 41.1 Å². The number of alkyl halides is 3. The van der Waals surface area contributed by atoms with Crippen molar-refractivity contribution in [1.29, 1.82) is 0 Å². The molecule has 5 aromatic rings. The summed E-state index contributed by atoms with van der Waals surface area (Å²) in [4.78, 5) is 2.67. The van der Waals surface area contributed by atoms with E-state index < -0.39 is 17.3 Å². The molecule has 1 saturated heterocycles. The van der Waals surface area contributed by atoms with E-state index in [9.17, 15) is 17.6 Å². The maximum atomic E-state index is 14.6. The molecule has 3 heterocycles. The maximum Gasteiger partial charge on any atom is 0.271 e. The number of halogens is 4. The van der Waals surface area contributed by atoms with E-state index in [1.54, 1.807) is 6.20 Å². The Morgan fingerprint density at radius 2 is 1.90 bits per heavy atom. The third-order valence-corrected chi connectivity index (χ3v) is 8.21. The molecule has 1 aliphatic heterocycles. The van der Waals surface area contributed by atoms with Gasteiger partial charge in [0.15, 0.2) is 5.75 Å². The van der Waals surface area contributed by atoms with Gasteiger partial charge in [0.2, 0.25) is 0 Å². The molecule has 0 bridgehead atoms. The lowest BCUT2D eigenvalue weighted by atomic mass is 10.00. The van der Waals surface area contributed by atoms with Crippen LogP contribution in [0.4, 0.5) is 17.6 Å². The SMILES string of the molecule is CC(F)(F)c1cc(F)ccc1-c1sc2c(ccc3[nH]ncc32)c1Oc1ccc(/C=C/CN2CC(CF)C2)cc1. The molecule has 9 heteroatoms. The van der Waals surface area contributed by atoms with Crippen molar-refractivity contribution in [2.75, 3.05) is 26.3 Å². The monoisotopic (exact) mass is 551 g/mol. The van der Waals surface area contributed by atoms with Crippen LogP contribution in [0, 0.1) is 11.7 Å². The van der Waals surface area contributed by atoms with Crippen LogP contribution in [0.15, 0.2) is 66.9 Å². The van der Waals surface area contributed by atoms with Crippen LogP contribution >= 0.6 is 11.3 Å². The number of likely N-dealkylation sites (tertiary alicyclic amines) is 1. The molecule has 1 N–H and O–H groups in total. The van der Waals surface area contributed by atoms with Gasteiger partial charge >= 0.3 is 0 Å². The van der Waals surface area contributed by atoms with Crippen molar-refractivity contribution in [2.24, 2.45) is 5.92 Å². The molecular formula is C30H25F4N3OS. The van der Waals surface area contributed by atoms with Crippen LogP contribution in [0.25, 0.3) is 37.5 Å². The first-order chi connectivity index (χ1) is 18.8. The highest BCUT2D eigenvalue weighted by molar-refractivity contribution is 7.23. The average molecular weight is 552 g/mol. The minimum Gasteiger partial charge on any atom is -0.455 e. The zero-order valence-electron chi connectivity index (χ0n) is 21.1. The molecule has 4 nitrogen and oxygen atoms in total. The number of nitrogens with zero attached hydrogens (tertiary/aromatic N) is 2. The van der Waals surface area contributed by atoms with E-state index in [0.29, 0.717) is 16.4 Å². The summed E-state index contributed by atoms with van der Waals surface area (Å²) < 4.78 is 63.1. The van der Waals surface area contributed by atoms with E-state index >= 15 is 0 Å². The van der Waals surface area contributed by atoms with E-state index in [-0.39, 0.29) is 18.2 Å². The van der Waals surface area contributed by atoms with Gasteiger partial charge in [-0.25, -0.2) is 13.2 Å². The molecule has 0 amide bonds. The molecule has 0 unspecified atom stereocenters. The summed E-state index contributed by atoms with van der Waals surface area (Å²) in [6.45, 7) is 2.84. The zero-order valence-corrected chi connectivity index (χ0v) is 21.9. The number of fused-ring (bicyclic) bond motifs is 3. The van der Waals surface area contributed by atoms with Crippen molar-refractivity contribution in [1.82, 2.24) is 15.1 Å². The van der Waals surface area contributed by atoms with Gasteiger partial charge in [-0.1, -0.05) is 30.4 Å². The fourth-order valence-corrected chi connectivity index (χ4v) is 6.21. The molecule has 6 rings (SSSR count). The van der Waals surface area contributed by atoms with E-state index in [2.05, 4.69) is 15.1 Å². The Bertz CT molecular complexity index is 1660. The molecule has 0 atom stereocenters. The predicted octanol–water partition coefficient (Wildman–Crippen LogP) is 8.40. The lowest BCUT2D eigenvalue weighted by Gasteiger charge is -2.36. The summed E-state index contributed by atoms with van der Waals surface area (Å²) in [5, 5.41) is 8.66. The number of rotatable bonds is 8. The minimum absolute atomic E-state index is 0.159. The van der Waals surface area contributed by atoms with Crippen LogP contribution in [0.2, 0.25) is 0 Å². The Balaban J connectivity index is 1.35. The smallest absolute Gasteiger partial charge is 0.271 e. The molecule has 0 aliphatic carbocycles. The number of H-pyrrole nitrogens is 1. The maximum absolute atomic E-state index is 14.6. The summed E-state index contributed by atoms with van der Waals surface area (Å²) >= 11 is 1.31. The van der Waals surface area contributed by atoms with Crippen LogP contribution in [0.1, 0.15) is 18.1 Å². The van der Waals surface area contributed by atoms with E-state index in [0.717, 1.165) is 59.2 Å². The van der Waals surface area contributed by atoms with Gasteiger partial charge in [0.25, 0.3) is 5.92 Å². The molecule has 0 radical (unpaired) electrons.